The molecule has 0 aromatic heterocycles. The fourth-order valence-corrected chi connectivity index (χ4v) is 12.8. The Morgan fingerprint density at radius 1 is 0.691 bits per heavy atom. The summed E-state index contributed by atoms with van der Waals surface area (Å²) in [6.07, 6.45) is -1.51. The summed E-state index contributed by atoms with van der Waals surface area (Å²) in [4.78, 5) is 11.9. The van der Waals surface area contributed by atoms with Crippen molar-refractivity contribution in [2.75, 3.05) is 6.61 Å². The van der Waals surface area contributed by atoms with Crippen LogP contribution in [0.25, 0.3) is 0 Å². The molecule has 8 rings (SSSR count). The number of esters is 1. The van der Waals surface area contributed by atoms with Gasteiger partial charge in [0.2, 0.25) is 0 Å². The summed E-state index contributed by atoms with van der Waals surface area (Å²) >= 11 is 0. The van der Waals surface area contributed by atoms with Crippen LogP contribution in [0.3, 0.4) is 0 Å². The molecule has 0 amide bonds. The highest BCUT2D eigenvalue weighted by atomic mass is 16.7. The molecule has 14 heteroatoms. The normalized spacial score (nSPS) is 55.5. The quantitative estimate of drug-likeness (QED) is 0.162. The van der Waals surface area contributed by atoms with E-state index in [-0.39, 0.29) is 61.1 Å². The monoisotopic (exact) mass is 780 g/mol. The number of aliphatic hydroxyl groups excluding tert-OH is 5. The summed E-state index contributed by atoms with van der Waals surface area (Å²) in [6, 6.07) is 0. The number of fused-ring (bicyclic) bond motifs is 5. The summed E-state index contributed by atoms with van der Waals surface area (Å²) in [6.45, 7) is 9.90. The third-order valence-electron chi connectivity index (χ3n) is 16.0. The number of carbonyl (C=O) groups excluding carboxylic acids is 1. The number of hydrogen-bond donors (Lipinski definition) is 6. The number of hydrogen-bond acceptors (Lipinski definition) is 14. The van der Waals surface area contributed by atoms with Crippen LogP contribution in [0.15, 0.2) is 11.6 Å². The fraction of sp³-hybridized carbons (Fsp3) is 0.927. The topological polar surface area (TPSA) is 203 Å². The number of aliphatic hydroxyl groups is 6. The van der Waals surface area contributed by atoms with E-state index in [1.165, 1.54) is 0 Å². The summed E-state index contributed by atoms with van der Waals surface area (Å²) < 4.78 is 42.1. The van der Waals surface area contributed by atoms with Crippen molar-refractivity contribution in [2.24, 2.45) is 34.5 Å². The van der Waals surface area contributed by atoms with Gasteiger partial charge in [0, 0.05) is 30.8 Å². The Bertz CT molecular complexity index is 1410. The van der Waals surface area contributed by atoms with Crippen molar-refractivity contribution in [1.82, 2.24) is 0 Å². The molecular weight excluding hydrogens is 716 g/mol. The zero-order chi connectivity index (χ0) is 39.2. The predicted octanol–water partition coefficient (Wildman–Crippen LogP) is 2.22. The Hall–Kier alpha value is -1.27. The van der Waals surface area contributed by atoms with E-state index in [0.717, 1.165) is 44.1 Å². The molecule has 21 atom stereocenters. The molecule has 14 nitrogen and oxygen atoms in total. The Balaban J connectivity index is 0.837. The fourth-order valence-electron chi connectivity index (χ4n) is 12.8. The van der Waals surface area contributed by atoms with Gasteiger partial charge in [0.1, 0.15) is 24.9 Å². The second kappa shape index (κ2) is 15.1. The van der Waals surface area contributed by atoms with Crippen molar-refractivity contribution in [3.05, 3.63) is 11.6 Å². The first-order valence-electron chi connectivity index (χ1n) is 20.9. The third kappa shape index (κ3) is 6.95. The molecule has 4 aliphatic heterocycles. The maximum absolute atomic E-state index is 12.6. The van der Waals surface area contributed by atoms with E-state index in [2.05, 4.69) is 6.92 Å². The second-order valence-electron chi connectivity index (χ2n) is 18.8. The van der Waals surface area contributed by atoms with Crippen LogP contribution in [0.4, 0.5) is 0 Å². The first-order valence-corrected chi connectivity index (χ1v) is 20.9. The van der Waals surface area contributed by atoms with Crippen molar-refractivity contribution in [3.8, 4) is 0 Å². The number of rotatable bonds is 7. The standard InChI is InChI=1S/C41H64O14/c1-19-36(47)28(42)15-34(50-19)54-38-21(3)52-35(17-30(38)44)55-37-20(2)51-33(16-29(37)43)53-24-8-10-39(4)23(13-24)6-7-26-27(39)14-31(45)40(5)25(9-11-41(26,40)48)22-12-32(46)49-18-22/h12,19-21,23-31,33-38,42-45,47-48H,6-11,13-18H2,1-5H3/t19?,20?,21?,23-,24+,25-,26-,27+,28-,29-,30-,31?,33+,34+,35+,36-,37-,38-,39?,40+,41+/m1/s1. The SMILES string of the molecule is CC1O[C@@H](O[C@@H]2C(C)O[C@@H](O[C@@H]3C(C)O[C@@H](O[C@H]4CCC5(C)[C@H](CC[C@@H]6[C@@H]5CC(O)[C@]5(C)[C@@H](C7=CC(=O)OC7)CC[C@]65O)C4)C[C@H]3O)C[C@H]2O)C[C@@H](O)[C@@H]1O. The minimum Gasteiger partial charge on any atom is -0.458 e. The molecule has 8 aliphatic rings. The van der Waals surface area contributed by atoms with Gasteiger partial charge in [0.25, 0.3) is 0 Å². The zero-order valence-corrected chi connectivity index (χ0v) is 32.9. The Kier molecular flexibility index (Phi) is 11.1. The van der Waals surface area contributed by atoms with Gasteiger partial charge in [0.15, 0.2) is 18.9 Å². The lowest BCUT2D eigenvalue weighted by molar-refractivity contribution is -0.336. The zero-order valence-electron chi connectivity index (χ0n) is 32.9. The summed E-state index contributed by atoms with van der Waals surface area (Å²) in [5, 5.41) is 66.9. The van der Waals surface area contributed by atoms with Crippen LogP contribution in [0, 0.1) is 34.5 Å². The lowest BCUT2D eigenvalue weighted by atomic mass is 9.42. The molecule has 4 aliphatic carbocycles. The molecule has 0 radical (unpaired) electrons. The molecule has 3 saturated heterocycles. The molecule has 5 unspecified atom stereocenters. The van der Waals surface area contributed by atoms with E-state index in [1.54, 1.807) is 19.9 Å². The van der Waals surface area contributed by atoms with Gasteiger partial charge in [-0.2, -0.15) is 0 Å². The van der Waals surface area contributed by atoms with Crippen molar-refractivity contribution in [2.45, 2.75) is 197 Å². The van der Waals surface area contributed by atoms with Crippen molar-refractivity contribution < 1.29 is 68.6 Å². The van der Waals surface area contributed by atoms with Crippen molar-refractivity contribution >= 4 is 5.97 Å². The maximum atomic E-state index is 12.6. The van der Waals surface area contributed by atoms with Gasteiger partial charge < -0.3 is 63.8 Å². The minimum atomic E-state index is -1.01. The predicted molar refractivity (Wildman–Crippen MR) is 193 cm³/mol. The van der Waals surface area contributed by atoms with Gasteiger partial charge in [-0.1, -0.05) is 13.8 Å². The van der Waals surface area contributed by atoms with Crippen molar-refractivity contribution in [3.63, 3.8) is 0 Å². The number of carbonyl (C=O) groups is 1. The van der Waals surface area contributed by atoms with Gasteiger partial charge in [-0.3, -0.25) is 0 Å². The van der Waals surface area contributed by atoms with Crippen LogP contribution in [0.5, 0.6) is 0 Å². The highest BCUT2D eigenvalue weighted by Gasteiger charge is 2.71. The average Bonchev–Trinajstić information content (AvgIpc) is 3.67. The molecule has 7 fully saturated rings. The van der Waals surface area contributed by atoms with Crippen LogP contribution in [0.1, 0.15) is 105 Å². The molecule has 4 saturated carbocycles. The highest BCUT2D eigenvalue weighted by Crippen LogP contribution is 2.70. The first kappa shape index (κ1) is 40.5. The van der Waals surface area contributed by atoms with Gasteiger partial charge in [0.05, 0.1) is 54.4 Å². The molecule has 0 aromatic carbocycles. The molecule has 0 bridgehead atoms. The first-order chi connectivity index (χ1) is 26.0. The Morgan fingerprint density at radius 2 is 1.29 bits per heavy atom. The van der Waals surface area contributed by atoms with Crippen LogP contribution in [0.2, 0.25) is 0 Å². The van der Waals surface area contributed by atoms with Crippen LogP contribution in [-0.4, -0.2) is 135 Å². The van der Waals surface area contributed by atoms with Gasteiger partial charge in [-0.25, -0.2) is 4.79 Å². The molecule has 55 heavy (non-hydrogen) atoms. The largest absolute Gasteiger partial charge is 0.458 e. The van der Waals surface area contributed by atoms with E-state index in [4.69, 9.17) is 33.2 Å². The van der Waals surface area contributed by atoms with E-state index >= 15 is 0 Å². The van der Waals surface area contributed by atoms with E-state index in [1.807, 2.05) is 13.8 Å². The molecule has 312 valence electrons. The van der Waals surface area contributed by atoms with Gasteiger partial charge in [-0.15, -0.1) is 0 Å². The summed E-state index contributed by atoms with van der Waals surface area (Å²) in [5.74, 6) is 0.204. The highest BCUT2D eigenvalue weighted by molar-refractivity contribution is 5.85. The van der Waals surface area contributed by atoms with E-state index < -0.39 is 90.9 Å². The minimum absolute atomic E-state index is 0.0452. The van der Waals surface area contributed by atoms with Crippen LogP contribution < -0.4 is 0 Å². The van der Waals surface area contributed by atoms with Crippen molar-refractivity contribution in [1.29, 1.82) is 0 Å². The van der Waals surface area contributed by atoms with Gasteiger partial charge >= 0.3 is 5.97 Å². The summed E-state index contributed by atoms with van der Waals surface area (Å²) in [5.41, 5.74) is -0.892. The lowest BCUT2D eigenvalue weighted by Gasteiger charge is -2.65. The van der Waals surface area contributed by atoms with Crippen LogP contribution in [-0.2, 0) is 38.0 Å². The number of cyclic esters (lactones) is 1. The Labute approximate surface area is 323 Å². The molecule has 4 heterocycles. The smallest absolute Gasteiger partial charge is 0.331 e. The lowest BCUT2D eigenvalue weighted by Crippen LogP contribution is -2.67. The average molecular weight is 781 g/mol. The van der Waals surface area contributed by atoms with E-state index in [9.17, 15) is 35.4 Å². The molecule has 0 spiro atoms. The molecule has 6 N–H and O–H groups in total. The third-order valence-corrected chi connectivity index (χ3v) is 16.0. The van der Waals surface area contributed by atoms with Gasteiger partial charge in [-0.05, 0) is 107 Å². The van der Waals surface area contributed by atoms with Crippen LogP contribution >= 0.6 is 0 Å². The summed E-state index contributed by atoms with van der Waals surface area (Å²) in [7, 11) is 0. The number of ether oxygens (including phenoxy) is 7. The molecule has 0 aromatic rings. The maximum Gasteiger partial charge on any atom is 0.331 e. The molecular formula is C41H64O14. The Morgan fingerprint density at radius 3 is 1.87 bits per heavy atom. The second-order valence-corrected chi connectivity index (χ2v) is 18.8. The van der Waals surface area contributed by atoms with E-state index in [0.29, 0.717) is 18.8 Å².